The second-order valence-electron chi connectivity index (χ2n) is 5.72. The molecule has 112 valence electrons. The molecule has 4 nitrogen and oxygen atoms in total. The van der Waals surface area contributed by atoms with Crippen molar-refractivity contribution in [3.63, 3.8) is 0 Å². The van der Waals surface area contributed by atoms with Gasteiger partial charge in [0, 0.05) is 12.6 Å². The van der Waals surface area contributed by atoms with E-state index in [1.54, 1.807) is 12.1 Å². The maximum absolute atomic E-state index is 12.2. The molecule has 1 aliphatic rings. The molecule has 2 N–H and O–H groups in total. The van der Waals surface area contributed by atoms with Crippen molar-refractivity contribution in [2.45, 2.75) is 50.6 Å². The summed E-state index contributed by atoms with van der Waals surface area (Å²) in [5, 5.41) is 3.30. The van der Waals surface area contributed by atoms with Gasteiger partial charge < -0.3 is 5.32 Å². The van der Waals surface area contributed by atoms with E-state index >= 15 is 0 Å². The maximum atomic E-state index is 12.2. The summed E-state index contributed by atoms with van der Waals surface area (Å²) in [4.78, 5) is 0.358. The summed E-state index contributed by atoms with van der Waals surface area (Å²) in [7, 11) is -3.36. The van der Waals surface area contributed by atoms with Crippen LogP contribution in [0.5, 0.6) is 0 Å². The van der Waals surface area contributed by atoms with E-state index < -0.39 is 10.0 Å². The van der Waals surface area contributed by atoms with E-state index in [1.807, 2.05) is 12.1 Å². The van der Waals surface area contributed by atoms with Crippen molar-refractivity contribution < 1.29 is 8.42 Å². The molecule has 0 radical (unpaired) electrons. The standard InChI is InChI=1S/C15H24N2O2S/c1-3-8-16-11-13-4-6-15(7-5-13)20(18,19)17-14-9-12(2)10-14/h4-7,12,14,16-17H,3,8-11H2,1-2H3. The Kier molecular flexibility index (Phi) is 5.18. The van der Waals surface area contributed by atoms with Gasteiger partial charge in [0.1, 0.15) is 0 Å². The second-order valence-corrected chi connectivity index (χ2v) is 7.43. The number of nitrogens with one attached hydrogen (secondary N) is 2. The summed E-state index contributed by atoms with van der Waals surface area (Å²) < 4.78 is 27.1. The van der Waals surface area contributed by atoms with Crippen LogP contribution in [0.3, 0.4) is 0 Å². The molecular formula is C15H24N2O2S. The fourth-order valence-corrected chi connectivity index (χ4v) is 3.74. The molecule has 1 fully saturated rings. The SMILES string of the molecule is CCCNCc1ccc(S(=O)(=O)NC2CC(C)C2)cc1. The molecule has 0 atom stereocenters. The fourth-order valence-electron chi connectivity index (χ4n) is 2.48. The number of hydrogen-bond acceptors (Lipinski definition) is 3. The van der Waals surface area contributed by atoms with Crippen molar-refractivity contribution in [3.8, 4) is 0 Å². The van der Waals surface area contributed by atoms with Gasteiger partial charge >= 0.3 is 0 Å². The van der Waals surface area contributed by atoms with Crippen LogP contribution in [0.25, 0.3) is 0 Å². The van der Waals surface area contributed by atoms with E-state index in [9.17, 15) is 8.42 Å². The highest BCUT2D eigenvalue weighted by Crippen LogP contribution is 2.27. The van der Waals surface area contributed by atoms with E-state index in [0.717, 1.165) is 37.9 Å². The van der Waals surface area contributed by atoms with Crippen LogP contribution >= 0.6 is 0 Å². The van der Waals surface area contributed by atoms with Gasteiger partial charge in [-0.1, -0.05) is 26.0 Å². The zero-order chi connectivity index (χ0) is 14.6. The summed E-state index contributed by atoms with van der Waals surface area (Å²) in [6.45, 7) is 6.02. The molecule has 1 saturated carbocycles. The Morgan fingerprint density at radius 3 is 2.40 bits per heavy atom. The minimum atomic E-state index is -3.36. The minimum Gasteiger partial charge on any atom is -0.313 e. The van der Waals surface area contributed by atoms with Gasteiger partial charge in [0.15, 0.2) is 0 Å². The van der Waals surface area contributed by atoms with Crippen molar-refractivity contribution in [1.82, 2.24) is 10.0 Å². The van der Waals surface area contributed by atoms with Gasteiger partial charge in [-0.15, -0.1) is 0 Å². The Morgan fingerprint density at radius 2 is 1.85 bits per heavy atom. The quantitative estimate of drug-likeness (QED) is 0.759. The molecule has 0 spiro atoms. The average molecular weight is 296 g/mol. The van der Waals surface area contributed by atoms with Crippen LogP contribution in [0.1, 0.15) is 38.7 Å². The van der Waals surface area contributed by atoms with E-state index in [0.29, 0.717) is 10.8 Å². The predicted molar refractivity (Wildman–Crippen MR) is 80.9 cm³/mol. The smallest absolute Gasteiger partial charge is 0.240 e. The minimum absolute atomic E-state index is 0.112. The van der Waals surface area contributed by atoms with Crippen LogP contribution in [0.2, 0.25) is 0 Å². The van der Waals surface area contributed by atoms with Crippen LogP contribution in [0.4, 0.5) is 0 Å². The van der Waals surface area contributed by atoms with E-state index in [4.69, 9.17) is 0 Å². The van der Waals surface area contributed by atoms with Gasteiger partial charge in [-0.2, -0.15) is 0 Å². The molecular weight excluding hydrogens is 272 g/mol. The summed E-state index contributed by atoms with van der Waals surface area (Å²) in [5.41, 5.74) is 1.11. The Balaban J connectivity index is 1.94. The van der Waals surface area contributed by atoms with Crippen molar-refractivity contribution >= 4 is 10.0 Å². The molecule has 1 aromatic carbocycles. The van der Waals surface area contributed by atoms with Crippen molar-refractivity contribution in [1.29, 1.82) is 0 Å². The molecule has 0 amide bonds. The molecule has 1 aliphatic carbocycles. The normalized spacial score (nSPS) is 22.5. The Labute approximate surface area is 122 Å². The third-order valence-electron chi connectivity index (χ3n) is 3.69. The molecule has 0 heterocycles. The molecule has 0 aromatic heterocycles. The first kappa shape index (κ1) is 15.5. The lowest BCUT2D eigenvalue weighted by Crippen LogP contribution is -2.43. The topological polar surface area (TPSA) is 58.2 Å². The molecule has 1 aromatic rings. The van der Waals surface area contributed by atoms with Gasteiger partial charge in [-0.3, -0.25) is 0 Å². The maximum Gasteiger partial charge on any atom is 0.240 e. The first-order valence-corrected chi connectivity index (χ1v) is 8.81. The molecule has 2 rings (SSSR count). The first-order chi connectivity index (χ1) is 9.51. The van der Waals surface area contributed by atoms with Gasteiger partial charge in [0.2, 0.25) is 10.0 Å². The number of rotatable bonds is 7. The molecule has 0 bridgehead atoms. The molecule has 0 aliphatic heterocycles. The zero-order valence-corrected chi connectivity index (χ0v) is 13.0. The largest absolute Gasteiger partial charge is 0.313 e. The lowest BCUT2D eigenvalue weighted by Gasteiger charge is -2.32. The van der Waals surface area contributed by atoms with Gasteiger partial charge in [-0.05, 0) is 49.4 Å². The van der Waals surface area contributed by atoms with Crippen molar-refractivity contribution in [2.75, 3.05) is 6.54 Å². The summed E-state index contributed by atoms with van der Waals surface area (Å²) in [5.74, 6) is 0.634. The number of benzene rings is 1. The van der Waals surface area contributed by atoms with Crippen molar-refractivity contribution in [2.24, 2.45) is 5.92 Å². The Morgan fingerprint density at radius 1 is 1.20 bits per heavy atom. The van der Waals surface area contributed by atoms with E-state index in [1.165, 1.54) is 0 Å². The highest BCUT2D eigenvalue weighted by atomic mass is 32.2. The molecule has 20 heavy (non-hydrogen) atoms. The van der Waals surface area contributed by atoms with Gasteiger partial charge in [-0.25, -0.2) is 13.1 Å². The Bertz CT molecular complexity index is 519. The van der Waals surface area contributed by atoms with E-state index in [-0.39, 0.29) is 6.04 Å². The molecule has 0 saturated heterocycles. The van der Waals surface area contributed by atoms with Crippen LogP contribution in [0.15, 0.2) is 29.2 Å². The first-order valence-electron chi connectivity index (χ1n) is 7.33. The summed E-state index contributed by atoms with van der Waals surface area (Å²) in [6, 6.07) is 7.24. The van der Waals surface area contributed by atoms with Crippen LogP contribution < -0.4 is 10.0 Å². The fraction of sp³-hybridized carbons (Fsp3) is 0.600. The third-order valence-corrected chi connectivity index (χ3v) is 5.22. The van der Waals surface area contributed by atoms with E-state index in [2.05, 4.69) is 23.9 Å². The van der Waals surface area contributed by atoms with Gasteiger partial charge in [0.25, 0.3) is 0 Å². The molecule has 0 unspecified atom stereocenters. The lowest BCUT2D eigenvalue weighted by atomic mass is 9.83. The second kappa shape index (κ2) is 6.70. The molecule has 5 heteroatoms. The number of sulfonamides is 1. The number of hydrogen-bond donors (Lipinski definition) is 2. The van der Waals surface area contributed by atoms with Crippen molar-refractivity contribution in [3.05, 3.63) is 29.8 Å². The Hall–Kier alpha value is -0.910. The van der Waals surface area contributed by atoms with Crippen LogP contribution in [-0.2, 0) is 16.6 Å². The lowest BCUT2D eigenvalue weighted by molar-refractivity contribution is 0.270. The van der Waals surface area contributed by atoms with Crippen LogP contribution in [-0.4, -0.2) is 21.0 Å². The average Bonchev–Trinajstić information content (AvgIpc) is 2.38. The summed E-state index contributed by atoms with van der Waals surface area (Å²) in [6.07, 6.45) is 2.98. The highest BCUT2D eigenvalue weighted by Gasteiger charge is 2.29. The zero-order valence-electron chi connectivity index (χ0n) is 12.2. The highest BCUT2D eigenvalue weighted by molar-refractivity contribution is 7.89. The predicted octanol–water partition coefficient (Wildman–Crippen LogP) is 2.26. The van der Waals surface area contributed by atoms with Gasteiger partial charge in [0.05, 0.1) is 4.90 Å². The monoisotopic (exact) mass is 296 g/mol. The van der Waals surface area contributed by atoms with Crippen LogP contribution in [0, 0.1) is 5.92 Å². The summed E-state index contributed by atoms with van der Waals surface area (Å²) >= 11 is 0. The third kappa shape index (κ3) is 4.04.